The maximum Gasteiger partial charge on any atom is 0.436 e. The molecule has 3 atom stereocenters. The van der Waals surface area contributed by atoms with E-state index < -0.39 is 34.7 Å². The molecule has 0 aliphatic carbocycles. The average Bonchev–Trinajstić information content (AvgIpc) is 3.38. The number of thioether (sulfide) groups is 1. The van der Waals surface area contributed by atoms with E-state index in [9.17, 15) is 22.8 Å². The summed E-state index contributed by atoms with van der Waals surface area (Å²) in [4.78, 5) is 27.6. The Morgan fingerprint density at radius 1 is 1.14 bits per heavy atom. The zero-order chi connectivity index (χ0) is 24.8. The summed E-state index contributed by atoms with van der Waals surface area (Å²) in [5.41, 5.74) is 0.407. The van der Waals surface area contributed by atoms with Gasteiger partial charge in [-0.25, -0.2) is 4.79 Å². The van der Waals surface area contributed by atoms with Crippen molar-refractivity contribution in [3.05, 3.63) is 83.7 Å². The van der Waals surface area contributed by atoms with Crippen molar-refractivity contribution in [1.82, 2.24) is 19.9 Å². The van der Waals surface area contributed by atoms with E-state index in [0.29, 0.717) is 0 Å². The molecule has 7 nitrogen and oxygen atoms in total. The first-order valence-corrected chi connectivity index (χ1v) is 11.8. The van der Waals surface area contributed by atoms with Crippen LogP contribution in [0.2, 0.25) is 0 Å². The quantitative estimate of drug-likeness (QED) is 0.374. The largest absolute Gasteiger partial charge is 0.451 e. The molecule has 0 saturated carbocycles. The summed E-state index contributed by atoms with van der Waals surface area (Å²) in [6.45, 7) is 1.69. The lowest BCUT2D eigenvalue weighted by Crippen LogP contribution is -2.58. The van der Waals surface area contributed by atoms with E-state index in [1.165, 1.54) is 16.7 Å². The van der Waals surface area contributed by atoms with Gasteiger partial charge in [-0.3, -0.25) is 9.48 Å². The molecule has 1 amide bonds. The molecule has 35 heavy (non-hydrogen) atoms. The number of halogens is 3. The minimum Gasteiger partial charge on any atom is -0.451 e. The number of esters is 1. The number of benzene rings is 2. The topological polar surface area (TPSA) is 77.3 Å². The molecule has 2 fully saturated rings. The lowest BCUT2D eigenvalue weighted by Gasteiger charge is -2.38. The van der Waals surface area contributed by atoms with Gasteiger partial charge in [0.05, 0.1) is 29.3 Å². The van der Waals surface area contributed by atoms with Gasteiger partial charge in [0.25, 0.3) is 0 Å². The minimum absolute atomic E-state index is 0.0534. The van der Waals surface area contributed by atoms with Crippen LogP contribution in [0, 0.1) is 0 Å². The number of β-lactam (4-membered cyclic amide) rings is 1. The first-order chi connectivity index (χ1) is 16.7. The van der Waals surface area contributed by atoms with Gasteiger partial charge >= 0.3 is 12.1 Å². The summed E-state index contributed by atoms with van der Waals surface area (Å²) >= 11 is 1.37. The molecule has 0 spiro atoms. The third-order valence-corrected chi connectivity index (χ3v) is 7.73. The Labute approximate surface area is 203 Å². The van der Waals surface area contributed by atoms with Gasteiger partial charge in [0.15, 0.2) is 11.8 Å². The van der Waals surface area contributed by atoms with Crippen molar-refractivity contribution in [1.29, 1.82) is 0 Å². The van der Waals surface area contributed by atoms with Crippen molar-refractivity contribution in [2.24, 2.45) is 0 Å². The minimum atomic E-state index is -4.63. The molecule has 11 heteroatoms. The Hall–Kier alpha value is -3.34. The molecule has 2 aliphatic heterocycles. The molecule has 0 N–H and O–H groups in total. The fourth-order valence-electron chi connectivity index (χ4n) is 4.56. The second-order valence-electron chi connectivity index (χ2n) is 8.73. The SMILES string of the molecule is C[C@@]1(Cn2cc(C(F)(F)F)nn2)S[C@@H]2CC(=O)N2[C@H]1C(=O)OC(c1ccccc1)c1ccccc1. The van der Waals surface area contributed by atoms with Crippen molar-refractivity contribution >= 4 is 23.6 Å². The third kappa shape index (κ3) is 4.40. The number of rotatable bonds is 6. The monoisotopic (exact) mass is 502 g/mol. The Morgan fingerprint density at radius 2 is 1.74 bits per heavy atom. The molecule has 182 valence electrons. The predicted octanol–water partition coefficient (Wildman–Crippen LogP) is 4.06. The summed E-state index contributed by atoms with van der Waals surface area (Å²) in [5.74, 6) is -0.817. The lowest BCUT2D eigenvalue weighted by atomic mass is 9.95. The number of hydrogen-bond acceptors (Lipinski definition) is 6. The van der Waals surface area contributed by atoms with Gasteiger partial charge in [-0.05, 0) is 18.1 Å². The van der Waals surface area contributed by atoms with Crippen LogP contribution in [0.25, 0.3) is 0 Å². The highest BCUT2D eigenvalue weighted by Gasteiger charge is 2.61. The second-order valence-corrected chi connectivity index (χ2v) is 10.4. The Kier molecular flexibility index (Phi) is 5.82. The molecular formula is C24H21F3N4O3S. The summed E-state index contributed by atoms with van der Waals surface area (Å²) < 4.78 is 45.2. The normalized spacial score (nSPS) is 23.8. The summed E-state index contributed by atoms with van der Waals surface area (Å²) in [6, 6.07) is 17.5. The Bertz CT molecular complexity index is 1200. The zero-order valence-corrected chi connectivity index (χ0v) is 19.4. The molecule has 3 heterocycles. The number of carbonyl (C=O) groups excluding carboxylic acids is 2. The third-order valence-electron chi connectivity index (χ3n) is 6.18. The number of fused-ring (bicyclic) bond motifs is 1. The number of hydrogen-bond donors (Lipinski definition) is 0. The molecule has 2 aliphatic rings. The van der Waals surface area contributed by atoms with E-state index in [0.717, 1.165) is 22.0 Å². The number of amides is 1. The fourth-order valence-corrected chi connectivity index (χ4v) is 6.30. The predicted molar refractivity (Wildman–Crippen MR) is 121 cm³/mol. The Balaban J connectivity index is 1.45. The van der Waals surface area contributed by atoms with Crippen LogP contribution in [0.15, 0.2) is 66.9 Å². The van der Waals surface area contributed by atoms with Gasteiger partial charge in [-0.15, -0.1) is 16.9 Å². The number of carbonyl (C=O) groups is 2. The maximum absolute atomic E-state index is 13.7. The first-order valence-electron chi connectivity index (χ1n) is 10.9. The van der Waals surface area contributed by atoms with Crippen molar-refractivity contribution in [3.8, 4) is 0 Å². The van der Waals surface area contributed by atoms with Crippen LogP contribution in [0.1, 0.15) is 36.3 Å². The van der Waals surface area contributed by atoms with E-state index in [1.54, 1.807) is 6.92 Å². The molecule has 0 unspecified atom stereocenters. The Morgan fingerprint density at radius 3 is 2.26 bits per heavy atom. The van der Waals surface area contributed by atoms with Crippen LogP contribution < -0.4 is 0 Å². The highest BCUT2D eigenvalue weighted by Crippen LogP contribution is 2.52. The highest BCUT2D eigenvalue weighted by molar-refractivity contribution is 8.01. The first kappa shape index (κ1) is 23.4. The fraction of sp³-hybridized carbons (Fsp3) is 0.333. The molecule has 1 aromatic heterocycles. The van der Waals surface area contributed by atoms with E-state index in [4.69, 9.17) is 4.74 Å². The van der Waals surface area contributed by atoms with Gasteiger partial charge in [0.1, 0.15) is 6.04 Å². The summed E-state index contributed by atoms with van der Waals surface area (Å²) in [7, 11) is 0. The summed E-state index contributed by atoms with van der Waals surface area (Å²) in [5, 5.41) is 6.57. The van der Waals surface area contributed by atoms with Crippen molar-refractivity contribution < 1.29 is 27.5 Å². The molecule has 0 radical (unpaired) electrons. The van der Waals surface area contributed by atoms with Crippen LogP contribution in [0.5, 0.6) is 0 Å². The number of aromatic nitrogens is 3. The van der Waals surface area contributed by atoms with E-state index in [1.807, 2.05) is 60.7 Å². The van der Waals surface area contributed by atoms with Gasteiger partial charge in [-0.1, -0.05) is 65.9 Å². The van der Waals surface area contributed by atoms with Crippen LogP contribution in [-0.2, 0) is 27.0 Å². The standard InChI is InChI=1S/C24H21F3N4O3S/c1-23(14-30-13-17(28-29-30)24(25,26)27)21(31-18(32)12-19(31)35-23)22(33)34-20(15-8-4-2-5-9-15)16-10-6-3-7-11-16/h2-11,13,19-21H,12,14H2,1H3/t19-,21+,23+/m1/s1. The number of nitrogens with zero attached hydrogens (tertiary/aromatic N) is 4. The molecule has 2 aromatic carbocycles. The molecule has 0 bridgehead atoms. The van der Waals surface area contributed by atoms with Crippen molar-refractivity contribution in [2.45, 2.75) is 48.3 Å². The van der Waals surface area contributed by atoms with Crippen molar-refractivity contribution in [2.75, 3.05) is 0 Å². The molecular weight excluding hydrogens is 481 g/mol. The molecule has 3 aromatic rings. The number of alkyl halides is 3. The van der Waals surface area contributed by atoms with E-state index in [2.05, 4.69) is 10.3 Å². The average molecular weight is 503 g/mol. The van der Waals surface area contributed by atoms with Gasteiger partial charge < -0.3 is 9.64 Å². The van der Waals surface area contributed by atoms with Crippen LogP contribution in [0.4, 0.5) is 13.2 Å². The van der Waals surface area contributed by atoms with Crippen molar-refractivity contribution in [3.63, 3.8) is 0 Å². The maximum atomic E-state index is 13.7. The van der Waals surface area contributed by atoms with E-state index in [-0.39, 0.29) is 24.2 Å². The van der Waals surface area contributed by atoms with E-state index >= 15 is 0 Å². The number of ether oxygens (including phenoxy) is 1. The smallest absolute Gasteiger partial charge is 0.436 e. The van der Waals surface area contributed by atoms with Crippen LogP contribution >= 0.6 is 11.8 Å². The van der Waals surface area contributed by atoms with Gasteiger partial charge in [0, 0.05) is 0 Å². The van der Waals surface area contributed by atoms with Crippen LogP contribution in [0.3, 0.4) is 0 Å². The highest BCUT2D eigenvalue weighted by atomic mass is 32.2. The zero-order valence-electron chi connectivity index (χ0n) is 18.6. The second kappa shape index (κ2) is 8.71. The summed E-state index contributed by atoms with van der Waals surface area (Å²) in [6.07, 6.45) is -4.27. The lowest BCUT2D eigenvalue weighted by molar-refractivity contribution is -0.164. The van der Waals surface area contributed by atoms with Gasteiger partial charge in [-0.2, -0.15) is 13.2 Å². The molecule has 2 saturated heterocycles. The van der Waals surface area contributed by atoms with Crippen LogP contribution in [-0.4, -0.2) is 47.9 Å². The van der Waals surface area contributed by atoms with Gasteiger partial charge in [0.2, 0.25) is 5.91 Å². The molecule has 5 rings (SSSR count).